The molecule has 2 unspecified atom stereocenters. The van der Waals surface area contributed by atoms with Gasteiger partial charge in [-0.25, -0.2) is 0 Å². The molecular formula is C57H73FN8O9Si. The van der Waals surface area contributed by atoms with Gasteiger partial charge in [0.05, 0.1) is 60.7 Å². The topological polar surface area (TPSA) is 204 Å². The first-order valence-electron chi connectivity index (χ1n) is 27.0. The van der Waals surface area contributed by atoms with E-state index in [1.165, 1.54) is 0 Å². The SMILES string of the molecule is CCOc1ccc2c(c1)CC(NCCCCO)C(=O)N2c1ccc(CN2C(=O)[C@]3(O[C@H](CCn4cc(CCO)nn4)[C@@H]([Si](C)(C)F)[C@@H]3C)c3cc(N4C(=O)C(NCCCCO)Cc5cc(OCC)ccc54)ccc32)cc1. The molecular weight excluding hydrogens is 988 g/mol. The van der Waals surface area contributed by atoms with E-state index in [2.05, 4.69) is 20.9 Å². The van der Waals surface area contributed by atoms with Gasteiger partial charge in [-0.2, -0.15) is 0 Å². The Kier molecular flexibility index (Phi) is 17.0. The monoisotopic (exact) mass is 1060 g/mol. The summed E-state index contributed by atoms with van der Waals surface area (Å²) < 4.78 is 37.7. The third-order valence-electron chi connectivity index (χ3n) is 15.4. The first-order chi connectivity index (χ1) is 36.7. The highest BCUT2D eigenvalue weighted by molar-refractivity contribution is 6.72. The number of carbonyl (C=O) groups is 3. The van der Waals surface area contributed by atoms with E-state index in [9.17, 15) is 24.9 Å². The number of ether oxygens (including phenoxy) is 3. The van der Waals surface area contributed by atoms with Gasteiger partial charge in [-0.1, -0.05) is 24.3 Å². The lowest BCUT2D eigenvalue weighted by atomic mass is 9.82. The molecule has 4 aromatic carbocycles. The van der Waals surface area contributed by atoms with Crippen LogP contribution in [0.4, 0.5) is 32.5 Å². The molecule has 9 rings (SSSR count). The molecule has 6 atom stereocenters. The molecule has 1 fully saturated rings. The average molecular weight is 1060 g/mol. The minimum atomic E-state index is -3.59. The lowest BCUT2D eigenvalue weighted by Gasteiger charge is -2.36. The number of unbranched alkanes of at least 4 members (excludes halogenated alkanes) is 2. The number of nitrogens with zero attached hydrogens (tertiary/aromatic N) is 6. The van der Waals surface area contributed by atoms with Crippen LogP contribution in [0.2, 0.25) is 18.6 Å². The Bertz CT molecular complexity index is 2860. The lowest BCUT2D eigenvalue weighted by molar-refractivity contribution is -0.146. The summed E-state index contributed by atoms with van der Waals surface area (Å²) in [6.07, 6.45) is 5.32. The number of rotatable bonds is 24. The molecule has 5 heterocycles. The third-order valence-corrected chi connectivity index (χ3v) is 17.8. The molecule has 4 aliphatic heterocycles. The maximum absolute atomic E-state index is 17.1. The van der Waals surface area contributed by atoms with Crippen LogP contribution in [0.5, 0.6) is 11.5 Å². The normalized spacial score (nSPS) is 22.1. The molecule has 0 radical (unpaired) electrons. The Morgan fingerprint density at radius 1 is 0.750 bits per heavy atom. The molecule has 76 heavy (non-hydrogen) atoms. The van der Waals surface area contributed by atoms with Gasteiger partial charge in [-0.05, 0) is 168 Å². The van der Waals surface area contributed by atoms with Crippen LogP contribution in [0.1, 0.15) is 80.8 Å². The largest absolute Gasteiger partial charge is 0.494 e. The minimum Gasteiger partial charge on any atom is -0.494 e. The number of carbonyl (C=O) groups excluding carboxylic acids is 3. The average Bonchev–Trinajstić information content (AvgIpc) is 4.05. The zero-order chi connectivity index (χ0) is 53.7. The number of nitrogens with one attached hydrogen (secondary N) is 2. The number of aliphatic hydroxyl groups is 3. The zero-order valence-corrected chi connectivity index (χ0v) is 45.3. The molecule has 0 saturated carbocycles. The predicted molar refractivity (Wildman–Crippen MR) is 291 cm³/mol. The lowest BCUT2D eigenvalue weighted by Crippen LogP contribution is -2.49. The van der Waals surface area contributed by atoms with Crippen molar-refractivity contribution in [3.63, 3.8) is 0 Å². The fraction of sp³-hybridized carbons (Fsp3) is 0.491. The number of hydrogen-bond acceptors (Lipinski definition) is 13. The number of hydrogen-bond donors (Lipinski definition) is 5. The summed E-state index contributed by atoms with van der Waals surface area (Å²) in [6, 6.07) is 23.6. The summed E-state index contributed by atoms with van der Waals surface area (Å²) in [6.45, 7) is 11.7. The Hall–Kier alpha value is -6.06. The van der Waals surface area contributed by atoms with Gasteiger partial charge in [0, 0.05) is 67.4 Å². The summed E-state index contributed by atoms with van der Waals surface area (Å²) in [7, 11) is -3.59. The van der Waals surface area contributed by atoms with E-state index in [1.807, 2.05) is 99.6 Å². The second-order valence-corrected chi connectivity index (χ2v) is 24.6. The molecule has 0 bridgehead atoms. The van der Waals surface area contributed by atoms with E-state index in [1.54, 1.807) is 38.7 Å². The van der Waals surface area contributed by atoms with E-state index in [0.717, 1.165) is 34.5 Å². The van der Waals surface area contributed by atoms with Crippen LogP contribution in [0.3, 0.4) is 0 Å². The van der Waals surface area contributed by atoms with Gasteiger partial charge in [0.25, 0.3) is 5.91 Å². The Labute approximate surface area is 445 Å². The molecule has 0 aliphatic carbocycles. The molecule has 4 aliphatic rings. The van der Waals surface area contributed by atoms with Crippen molar-refractivity contribution >= 4 is 54.6 Å². The van der Waals surface area contributed by atoms with Crippen LogP contribution in [0.15, 0.2) is 85.1 Å². The van der Waals surface area contributed by atoms with Gasteiger partial charge in [-0.3, -0.25) is 28.9 Å². The quantitative estimate of drug-likeness (QED) is 0.0242. The van der Waals surface area contributed by atoms with Crippen molar-refractivity contribution in [1.29, 1.82) is 0 Å². The molecule has 5 N–H and O–H groups in total. The standard InChI is InChI=1S/C57H73FN8O9Si/c1-6-73-44-17-20-49-39(30-44)32-47(59-24-8-10-27-67)54(70)65(49)42-14-12-38(13-15-42)35-64-51-19-16-43(66-50-21-18-45(74-7-2)31-40(50)33-48(55(66)71)60-25-9-11-28-68)34-46(51)57(56(64)72)37(3)53(76(4,5)58)52(75-57)22-26-63-36-41(23-29-69)61-62-63/h12-21,30-31,34,36-37,47-48,52-53,59-60,67-69H,6-11,22-29,32-33,35H2,1-5H3/t37-,47?,48?,52+,53-,57+/m0/s1. The predicted octanol–water partition coefficient (Wildman–Crippen LogP) is 6.93. The second kappa shape index (κ2) is 23.7. The molecule has 19 heteroatoms. The van der Waals surface area contributed by atoms with Gasteiger partial charge in [0.15, 0.2) is 5.60 Å². The number of fused-ring (bicyclic) bond motifs is 4. The number of halogens is 1. The van der Waals surface area contributed by atoms with Crippen LogP contribution >= 0.6 is 0 Å². The van der Waals surface area contributed by atoms with E-state index in [-0.39, 0.29) is 44.1 Å². The highest BCUT2D eigenvalue weighted by atomic mass is 28.4. The number of aromatic nitrogens is 3. The fourth-order valence-electron chi connectivity index (χ4n) is 11.9. The Morgan fingerprint density at radius 2 is 1.32 bits per heavy atom. The summed E-state index contributed by atoms with van der Waals surface area (Å²) in [5, 5.41) is 43.7. The third kappa shape index (κ3) is 10.9. The molecule has 1 aromatic heterocycles. The molecule has 1 spiro atoms. The molecule has 406 valence electrons. The fourth-order valence-corrected chi connectivity index (χ4v) is 14.5. The van der Waals surface area contributed by atoms with Crippen molar-refractivity contribution in [1.82, 2.24) is 25.6 Å². The van der Waals surface area contributed by atoms with Crippen LogP contribution < -0.4 is 34.8 Å². The van der Waals surface area contributed by atoms with Crippen molar-refractivity contribution in [3.8, 4) is 11.5 Å². The van der Waals surface area contributed by atoms with Crippen molar-refractivity contribution < 1.29 is 48.0 Å². The second-order valence-electron chi connectivity index (χ2n) is 20.8. The first-order valence-corrected chi connectivity index (χ1v) is 30.0. The van der Waals surface area contributed by atoms with Crippen molar-refractivity contribution in [3.05, 3.63) is 113 Å². The summed E-state index contributed by atoms with van der Waals surface area (Å²) in [5.41, 5.74) is 4.80. The number of amides is 3. The Balaban J connectivity index is 1.09. The van der Waals surface area contributed by atoms with Crippen molar-refractivity contribution in [2.75, 3.05) is 60.8 Å². The van der Waals surface area contributed by atoms with E-state index in [4.69, 9.17) is 14.2 Å². The van der Waals surface area contributed by atoms with E-state index < -0.39 is 43.7 Å². The first kappa shape index (κ1) is 54.7. The number of anilines is 5. The smallest absolute Gasteiger partial charge is 0.264 e. The van der Waals surface area contributed by atoms with E-state index >= 15 is 8.90 Å². The van der Waals surface area contributed by atoms with Gasteiger partial charge in [0.1, 0.15) is 11.5 Å². The van der Waals surface area contributed by atoms with Crippen LogP contribution in [-0.4, -0.2) is 121 Å². The molecule has 1 saturated heterocycles. The molecule has 17 nitrogen and oxygen atoms in total. The van der Waals surface area contributed by atoms with Gasteiger partial charge >= 0.3 is 0 Å². The van der Waals surface area contributed by atoms with Crippen LogP contribution in [0.25, 0.3) is 0 Å². The van der Waals surface area contributed by atoms with Gasteiger partial charge in [0.2, 0.25) is 20.2 Å². The van der Waals surface area contributed by atoms with Gasteiger partial charge in [-0.15, -0.1) is 5.10 Å². The van der Waals surface area contributed by atoms with Crippen molar-refractivity contribution in [2.45, 2.75) is 128 Å². The number of aryl methyl sites for hydroxylation is 1. The van der Waals surface area contributed by atoms with Crippen LogP contribution in [0, 0.1) is 5.92 Å². The summed E-state index contributed by atoms with van der Waals surface area (Å²) in [5.74, 6) is 0.170. The minimum absolute atomic E-state index is 0.0539. The highest BCUT2D eigenvalue weighted by Gasteiger charge is 2.67. The zero-order valence-electron chi connectivity index (χ0n) is 44.3. The maximum Gasteiger partial charge on any atom is 0.264 e. The summed E-state index contributed by atoms with van der Waals surface area (Å²) in [4.78, 5) is 50.1. The van der Waals surface area contributed by atoms with Gasteiger partial charge < -0.3 is 49.2 Å². The van der Waals surface area contributed by atoms with Crippen molar-refractivity contribution in [2.24, 2.45) is 5.92 Å². The number of aliphatic hydroxyl groups excluding tert-OH is 3. The maximum atomic E-state index is 17.1. The molecule has 5 aromatic rings. The Morgan fingerprint density at radius 3 is 1.87 bits per heavy atom. The van der Waals surface area contributed by atoms with Crippen LogP contribution in [-0.2, 0) is 57.1 Å². The molecule has 3 amide bonds. The summed E-state index contributed by atoms with van der Waals surface area (Å²) >= 11 is 0. The van der Waals surface area contributed by atoms with E-state index in [0.29, 0.717) is 118 Å². The highest BCUT2D eigenvalue weighted by Crippen LogP contribution is 2.61. The number of benzene rings is 4.